The lowest BCUT2D eigenvalue weighted by atomic mass is 9.92. The Balaban J connectivity index is 1.68. The second kappa shape index (κ2) is 8.14. The van der Waals surface area contributed by atoms with Crippen molar-refractivity contribution < 1.29 is 4.74 Å². The average Bonchev–Trinajstić information content (AvgIpc) is 2.62. The van der Waals surface area contributed by atoms with Crippen LogP contribution in [0, 0.1) is 0 Å². The summed E-state index contributed by atoms with van der Waals surface area (Å²) in [6.45, 7) is 4.66. The number of rotatable bonds is 6. The maximum absolute atomic E-state index is 5.73. The number of hydrogen-bond donors (Lipinski definition) is 2. The Morgan fingerprint density at radius 3 is 2.70 bits per heavy atom. The van der Waals surface area contributed by atoms with E-state index in [4.69, 9.17) is 4.74 Å². The fourth-order valence-electron chi connectivity index (χ4n) is 3.31. The zero-order valence-electron chi connectivity index (χ0n) is 13.8. The molecular formula is C20H26N2O. The molecule has 2 aromatic rings. The van der Waals surface area contributed by atoms with E-state index in [1.165, 1.54) is 24.0 Å². The van der Waals surface area contributed by atoms with E-state index in [1.807, 2.05) is 19.1 Å². The molecule has 0 aliphatic carbocycles. The third-order valence-electron chi connectivity index (χ3n) is 4.44. The van der Waals surface area contributed by atoms with Gasteiger partial charge in [0.1, 0.15) is 5.75 Å². The number of hydrogen-bond acceptors (Lipinski definition) is 3. The van der Waals surface area contributed by atoms with Crippen molar-refractivity contribution in [3.8, 4) is 5.75 Å². The van der Waals surface area contributed by atoms with Crippen molar-refractivity contribution in [1.82, 2.24) is 10.6 Å². The largest absolute Gasteiger partial charge is 0.494 e. The van der Waals surface area contributed by atoms with Gasteiger partial charge in [-0.15, -0.1) is 0 Å². The lowest BCUT2D eigenvalue weighted by Crippen LogP contribution is -2.45. The van der Waals surface area contributed by atoms with Crippen LogP contribution in [0.2, 0.25) is 0 Å². The Hall–Kier alpha value is -1.84. The van der Waals surface area contributed by atoms with Gasteiger partial charge in [0.25, 0.3) is 0 Å². The van der Waals surface area contributed by atoms with Crippen molar-refractivity contribution in [2.24, 2.45) is 0 Å². The summed E-state index contributed by atoms with van der Waals surface area (Å²) in [5, 5.41) is 7.41. The summed E-state index contributed by atoms with van der Waals surface area (Å²) in [4.78, 5) is 0. The van der Waals surface area contributed by atoms with Crippen LogP contribution in [0.4, 0.5) is 0 Å². The fraction of sp³-hybridized carbons (Fsp3) is 0.400. The van der Waals surface area contributed by atoms with Gasteiger partial charge in [-0.05, 0) is 37.9 Å². The van der Waals surface area contributed by atoms with Crippen molar-refractivity contribution in [3.63, 3.8) is 0 Å². The Morgan fingerprint density at radius 1 is 1.09 bits per heavy atom. The molecule has 3 nitrogen and oxygen atoms in total. The average molecular weight is 310 g/mol. The first-order chi connectivity index (χ1) is 11.4. The van der Waals surface area contributed by atoms with Gasteiger partial charge in [0.15, 0.2) is 0 Å². The van der Waals surface area contributed by atoms with Gasteiger partial charge in [-0.25, -0.2) is 0 Å². The van der Waals surface area contributed by atoms with E-state index in [2.05, 4.69) is 53.1 Å². The number of ether oxygens (including phenoxy) is 1. The topological polar surface area (TPSA) is 33.3 Å². The molecule has 0 bridgehead atoms. The van der Waals surface area contributed by atoms with Crippen LogP contribution < -0.4 is 15.4 Å². The molecule has 1 saturated heterocycles. The molecule has 0 radical (unpaired) electrons. The van der Waals surface area contributed by atoms with Gasteiger partial charge in [0.2, 0.25) is 0 Å². The Kier molecular flexibility index (Phi) is 5.67. The van der Waals surface area contributed by atoms with Gasteiger partial charge in [-0.1, -0.05) is 48.5 Å². The lowest BCUT2D eigenvalue weighted by molar-refractivity contribution is 0.299. The maximum atomic E-state index is 5.73. The summed E-state index contributed by atoms with van der Waals surface area (Å²) in [5.41, 5.74) is 2.59. The molecule has 0 unspecified atom stereocenters. The lowest BCUT2D eigenvalue weighted by Gasteiger charge is -2.34. The molecular weight excluding hydrogens is 284 g/mol. The highest BCUT2D eigenvalue weighted by atomic mass is 16.5. The minimum atomic E-state index is 0.379. The summed E-state index contributed by atoms with van der Waals surface area (Å²) < 4.78 is 5.73. The first-order valence-electron chi connectivity index (χ1n) is 8.61. The molecule has 2 aromatic carbocycles. The predicted octanol–water partition coefficient (Wildman–Crippen LogP) is 3.67. The first-order valence-corrected chi connectivity index (χ1v) is 8.61. The maximum Gasteiger partial charge on any atom is 0.123 e. The SMILES string of the molecule is CCOc1ccccc1CN[C@H]1CCCN[C@H]1c1ccccc1. The van der Waals surface area contributed by atoms with E-state index in [0.717, 1.165) is 18.8 Å². The van der Waals surface area contributed by atoms with E-state index >= 15 is 0 Å². The number of nitrogens with one attached hydrogen (secondary N) is 2. The molecule has 2 N–H and O–H groups in total. The van der Waals surface area contributed by atoms with Crippen LogP contribution in [0.15, 0.2) is 54.6 Å². The van der Waals surface area contributed by atoms with Crippen LogP contribution in [-0.4, -0.2) is 19.2 Å². The molecule has 1 heterocycles. The number of piperidine rings is 1. The highest BCUT2D eigenvalue weighted by molar-refractivity contribution is 5.33. The van der Waals surface area contributed by atoms with E-state index in [9.17, 15) is 0 Å². The number of benzene rings is 2. The van der Waals surface area contributed by atoms with Crippen LogP contribution in [0.1, 0.15) is 36.9 Å². The van der Waals surface area contributed by atoms with Crippen molar-refractivity contribution in [1.29, 1.82) is 0 Å². The molecule has 23 heavy (non-hydrogen) atoms. The molecule has 2 atom stereocenters. The van der Waals surface area contributed by atoms with Crippen LogP contribution in [-0.2, 0) is 6.54 Å². The minimum absolute atomic E-state index is 0.379. The van der Waals surface area contributed by atoms with Gasteiger partial charge >= 0.3 is 0 Å². The van der Waals surface area contributed by atoms with Gasteiger partial charge in [0.05, 0.1) is 6.61 Å². The fourth-order valence-corrected chi connectivity index (χ4v) is 3.31. The van der Waals surface area contributed by atoms with Gasteiger partial charge in [0, 0.05) is 24.2 Å². The molecule has 1 aliphatic heterocycles. The zero-order chi connectivity index (χ0) is 15.9. The van der Waals surface area contributed by atoms with Gasteiger partial charge in [-0.2, -0.15) is 0 Å². The molecule has 3 heteroatoms. The monoisotopic (exact) mass is 310 g/mol. The Morgan fingerprint density at radius 2 is 1.87 bits per heavy atom. The van der Waals surface area contributed by atoms with E-state index < -0.39 is 0 Å². The molecule has 0 saturated carbocycles. The van der Waals surface area contributed by atoms with Crippen LogP contribution >= 0.6 is 0 Å². The van der Waals surface area contributed by atoms with Crippen LogP contribution in [0.25, 0.3) is 0 Å². The summed E-state index contributed by atoms with van der Waals surface area (Å²) in [6, 6.07) is 19.9. The molecule has 0 amide bonds. The molecule has 122 valence electrons. The van der Waals surface area contributed by atoms with E-state index in [0.29, 0.717) is 18.7 Å². The third-order valence-corrected chi connectivity index (χ3v) is 4.44. The molecule has 0 aromatic heterocycles. The van der Waals surface area contributed by atoms with Crippen molar-refractivity contribution >= 4 is 0 Å². The van der Waals surface area contributed by atoms with Crippen molar-refractivity contribution in [2.75, 3.05) is 13.2 Å². The van der Waals surface area contributed by atoms with Crippen molar-refractivity contribution in [3.05, 3.63) is 65.7 Å². The quantitative estimate of drug-likeness (QED) is 0.854. The van der Waals surface area contributed by atoms with Crippen LogP contribution in [0.3, 0.4) is 0 Å². The van der Waals surface area contributed by atoms with Crippen molar-refractivity contribution in [2.45, 2.75) is 38.4 Å². The standard InChI is InChI=1S/C20H26N2O/c1-2-23-19-13-7-6-11-17(19)15-22-18-12-8-14-21-20(18)16-9-4-3-5-10-16/h3-7,9-11,13,18,20-22H,2,8,12,14-15H2,1H3/t18-,20-/m0/s1. The van der Waals surface area contributed by atoms with Gasteiger partial charge in [-0.3, -0.25) is 0 Å². The van der Waals surface area contributed by atoms with E-state index in [-0.39, 0.29) is 0 Å². The highest BCUT2D eigenvalue weighted by Gasteiger charge is 2.25. The summed E-state index contributed by atoms with van der Waals surface area (Å²) in [5.74, 6) is 0.988. The minimum Gasteiger partial charge on any atom is -0.494 e. The highest BCUT2D eigenvalue weighted by Crippen LogP contribution is 2.25. The molecule has 1 fully saturated rings. The summed E-state index contributed by atoms with van der Waals surface area (Å²) >= 11 is 0. The third kappa shape index (κ3) is 4.12. The van der Waals surface area contributed by atoms with E-state index in [1.54, 1.807) is 0 Å². The second-order valence-electron chi connectivity index (χ2n) is 6.01. The summed E-state index contributed by atoms with van der Waals surface area (Å²) in [6.07, 6.45) is 2.41. The first kappa shape index (κ1) is 16.0. The zero-order valence-corrected chi connectivity index (χ0v) is 13.8. The van der Waals surface area contributed by atoms with Crippen LogP contribution in [0.5, 0.6) is 5.75 Å². The second-order valence-corrected chi connectivity index (χ2v) is 6.01. The Labute approximate surface area is 139 Å². The molecule has 3 rings (SSSR count). The smallest absolute Gasteiger partial charge is 0.123 e. The summed E-state index contributed by atoms with van der Waals surface area (Å²) in [7, 11) is 0. The Bertz CT molecular complexity index is 600. The number of para-hydroxylation sites is 1. The van der Waals surface area contributed by atoms with Gasteiger partial charge < -0.3 is 15.4 Å². The molecule has 0 spiro atoms. The molecule has 1 aliphatic rings. The normalized spacial score (nSPS) is 21.1. The predicted molar refractivity (Wildman–Crippen MR) is 94.7 cm³/mol.